The van der Waals surface area contributed by atoms with Crippen molar-refractivity contribution in [2.24, 2.45) is 0 Å². The van der Waals surface area contributed by atoms with Crippen LogP contribution in [0.25, 0.3) is 21.5 Å². The Labute approximate surface area is 170 Å². The first-order valence-corrected chi connectivity index (χ1v) is 11.5. The standard InChI is InChI=1S/C28H34/c1-27(13-5-3-6-14-27)25-11-9-21-17-22-10-12-26(20-24(22)18-23(21)19-25)28(2)15-7-4-8-16-28/h9-12,17-20H,3-8,13-16H2,1-2H3. The van der Waals surface area contributed by atoms with E-state index in [0.29, 0.717) is 10.8 Å². The third kappa shape index (κ3) is 3.15. The molecule has 0 nitrogen and oxygen atoms in total. The highest BCUT2D eigenvalue weighted by Gasteiger charge is 2.30. The van der Waals surface area contributed by atoms with Crippen LogP contribution in [0.4, 0.5) is 0 Å². The predicted octanol–water partition coefficient (Wildman–Crippen LogP) is 8.44. The molecule has 0 heteroatoms. The molecule has 0 radical (unpaired) electrons. The van der Waals surface area contributed by atoms with Gasteiger partial charge < -0.3 is 0 Å². The molecule has 2 aliphatic rings. The third-order valence-electron chi connectivity index (χ3n) is 8.10. The van der Waals surface area contributed by atoms with Crippen molar-refractivity contribution in [1.82, 2.24) is 0 Å². The molecule has 0 bridgehead atoms. The van der Waals surface area contributed by atoms with Crippen molar-refractivity contribution in [2.75, 3.05) is 0 Å². The maximum Gasteiger partial charge on any atom is -0.00750 e. The zero-order valence-corrected chi connectivity index (χ0v) is 17.7. The molecule has 0 aliphatic heterocycles. The SMILES string of the molecule is CC1(c2ccc3cc4ccc(C5(C)CCCCC5)cc4cc3c2)CCCCC1. The van der Waals surface area contributed by atoms with Gasteiger partial charge in [0.25, 0.3) is 0 Å². The minimum Gasteiger partial charge on any atom is -0.0579 e. The van der Waals surface area contributed by atoms with Crippen molar-refractivity contribution in [3.63, 3.8) is 0 Å². The smallest absolute Gasteiger partial charge is 0.00750 e. The molecule has 0 heterocycles. The zero-order chi connectivity index (χ0) is 19.2. The lowest BCUT2D eigenvalue weighted by Gasteiger charge is -2.34. The molecular weight excluding hydrogens is 336 g/mol. The van der Waals surface area contributed by atoms with E-state index >= 15 is 0 Å². The van der Waals surface area contributed by atoms with Crippen LogP contribution in [0.3, 0.4) is 0 Å². The molecule has 0 amide bonds. The highest BCUT2D eigenvalue weighted by molar-refractivity contribution is 5.98. The van der Waals surface area contributed by atoms with Crippen LogP contribution < -0.4 is 0 Å². The molecule has 2 fully saturated rings. The van der Waals surface area contributed by atoms with E-state index in [4.69, 9.17) is 0 Å². The molecule has 0 spiro atoms. The normalized spacial score (nSPS) is 21.8. The number of hydrogen-bond donors (Lipinski definition) is 0. The van der Waals surface area contributed by atoms with Gasteiger partial charge in [-0.05, 0) is 81.3 Å². The molecule has 3 aromatic carbocycles. The second-order valence-corrected chi connectivity index (χ2v) is 10.2. The number of rotatable bonds is 2. The number of fused-ring (bicyclic) bond motifs is 2. The molecule has 0 saturated heterocycles. The molecule has 28 heavy (non-hydrogen) atoms. The summed E-state index contributed by atoms with van der Waals surface area (Å²) in [6.07, 6.45) is 13.7. The highest BCUT2D eigenvalue weighted by atomic mass is 14.3. The van der Waals surface area contributed by atoms with Gasteiger partial charge in [0.1, 0.15) is 0 Å². The molecule has 0 N–H and O–H groups in total. The van der Waals surface area contributed by atoms with E-state index in [1.807, 2.05) is 0 Å². The Bertz CT molecular complexity index is 918. The summed E-state index contributed by atoms with van der Waals surface area (Å²) in [6.45, 7) is 4.97. The van der Waals surface area contributed by atoms with Crippen molar-refractivity contribution in [3.05, 3.63) is 59.7 Å². The Morgan fingerprint density at radius 1 is 0.464 bits per heavy atom. The summed E-state index contributed by atoms with van der Waals surface area (Å²) >= 11 is 0. The van der Waals surface area contributed by atoms with Crippen LogP contribution in [0.2, 0.25) is 0 Å². The van der Waals surface area contributed by atoms with E-state index in [1.54, 1.807) is 11.1 Å². The summed E-state index contributed by atoms with van der Waals surface area (Å²) in [7, 11) is 0. The lowest BCUT2D eigenvalue weighted by Crippen LogP contribution is -2.25. The second kappa shape index (κ2) is 6.90. The maximum atomic E-state index is 2.50. The van der Waals surface area contributed by atoms with E-state index in [1.165, 1.54) is 85.8 Å². The molecule has 2 aliphatic carbocycles. The van der Waals surface area contributed by atoms with E-state index in [2.05, 4.69) is 62.4 Å². The maximum absolute atomic E-state index is 2.50. The van der Waals surface area contributed by atoms with E-state index < -0.39 is 0 Å². The molecule has 2 saturated carbocycles. The van der Waals surface area contributed by atoms with Crippen LogP contribution in [0.5, 0.6) is 0 Å². The number of benzene rings is 3. The summed E-state index contributed by atoms with van der Waals surface area (Å²) in [5.41, 5.74) is 3.85. The van der Waals surface area contributed by atoms with Gasteiger partial charge in [0.2, 0.25) is 0 Å². The van der Waals surface area contributed by atoms with Gasteiger partial charge in [0.15, 0.2) is 0 Å². The molecule has 0 atom stereocenters. The van der Waals surface area contributed by atoms with Crippen molar-refractivity contribution in [2.45, 2.75) is 88.9 Å². The molecule has 0 unspecified atom stereocenters. The summed E-state index contributed by atoms with van der Waals surface area (Å²) in [6, 6.07) is 19.4. The van der Waals surface area contributed by atoms with Gasteiger partial charge in [-0.1, -0.05) is 88.8 Å². The topological polar surface area (TPSA) is 0 Å². The van der Waals surface area contributed by atoms with Crippen LogP contribution in [0.1, 0.15) is 89.2 Å². The van der Waals surface area contributed by atoms with Crippen LogP contribution >= 0.6 is 0 Å². The van der Waals surface area contributed by atoms with Gasteiger partial charge in [-0.25, -0.2) is 0 Å². The quantitative estimate of drug-likeness (QED) is 0.397. The zero-order valence-electron chi connectivity index (χ0n) is 17.7. The molecule has 3 aromatic rings. The monoisotopic (exact) mass is 370 g/mol. The second-order valence-electron chi connectivity index (χ2n) is 10.2. The Morgan fingerprint density at radius 3 is 1.29 bits per heavy atom. The van der Waals surface area contributed by atoms with Gasteiger partial charge in [0.05, 0.1) is 0 Å². The van der Waals surface area contributed by atoms with Crippen molar-refractivity contribution in [3.8, 4) is 0 Å². The predicted molar refractivity (Wildman–Crippen MR) is 122 cm³/mol. The molecule has 5 rings (SSSR count). The Hall–Kier alpha value is -1.82. The van der Waals surface area contributed by atoms with Crippen molar-refractivity contribution in [1.29, 1.82) is 0 Å². The van der Waals surface area contributed by atoms with E-state index in [-0.39, 0.29) is 0 Å². The first kappa shape index (κ1) is 18.2. The van der Waals surface area contributed by atoms with Crippen molar-refractivity contribution >= 4 is 21.5 Å². The van der Waals surface area contributed by atoms with E-state index in [0.717, 1.165) is 0 Å². The van der Waals surface area contributed by atoms with Gasteiger partial charge >= 0.3 is 0 Å². The van der Waals surface area contributed by atoms with Crippen LogP contribution in [-0.2, 0) is 10.8 Å². The third-order valence-corrected chi connectivity index (χ3v) is 8.10. The average molecular weight is 371 g/mol. The first-order valence-electron chi connectivity index (χ1n) is 11.5. The summed E-state index contributed by atoms with van der Waals surface area (Å²) in [5, 5.41) is 5.60. The molecule has 0 aromatic heterocycles. The number of hydrogen-bond acceptors (Lipinski definition) is 0. The minimum atomic E-state index is 0.374. The fourth-order valence-electron chi connectivity index (χ4n) is 5.99. The first-order chi connectivity index (χ1) is 13.6. The summed E-state index contributed by atoms with van der Waals surface area (Å²) in [5.74, 6) is 0. The van der Waals surface area contributed by atoms with Gasteiger partial charge in [-0.15, -0.1) is 0 Å². The lowest BCUT2D eigenvalue weighted by molar-refractivity contribution is 0.320. The van der Waals surface area contributed by atoms with Gasteiger partial charge in [0, 0.05) is 0 Å². The van der Waals surface area contributed by atoms with Crippen LogP contribution in [0.15, 0.2) is 48.5 Å². The molecule has 146 valence electrons. The van der Waals surface area contributed by atoms with E-state index in [9.17, 15) is 0 Å². The largest absolute Gasteiger partial charge is 0.0579 e. The summed E-state index contributed by atoms with van der Waals surface area (Å²) in [4.78, 5) is 0. The molecular formula is C28H34. The summed E-state index contributed by atoms with van der Waals surface area (Å²) < 4.78 is 0. The lowest BCUT2D eigenvalue weighted by atomic mass is 9.70. The van der Waals surface area contributed by atoms with Gasteiger partial charge in [-0.3, -0.25) is 0 Å². The Morgan fingerprint density at radius 2 is 0.857 bits per heavy atom. The van der Waals surface area contributed by atoms with Crippen LogP contribution in [-0.4, -0.2) is 0 Å². The Kier molecular flexibility index (Phi) is 4.49. The van der Waals surface area contributed by atoms with Gasteiger partial charge in [-0.2, -0.15) is 0 Å². The highest BCUT2D eigenvalue weighted by Crippen LogP contribution is 2.42. The fraction of sp³-hybridized carbons (Fsp3) is 0.500. The minimum absolute atomic E-state index is 0.374. The fourth-order valence-corrected chi connectivity index (χ4v) is 5.99. The van der Waals surface area contributed by atoms with Crippen LogP contribution in [0, 0.1) is 0 Å². The Balaban J connectivity index is 1.58. The average Bonchev–Trinajstić information content (AvgIpc) is 2.72. The van der Waals surface area contributed by atoms with Crippen molar-refractivity contribution < 1.29 is 0 Å².